The SMILES string of the molecule is CC1(C)c2cc(N)ccc2-c2cc3c(cc21)-c1ccc(F)cc1C3(C)C. The van der Waals surface area contributed by atoms with Crippen LogP contribution in [0.4, 0.5) is 10.1 Å². The Kier molecular flexibility index (Phi) is 2.74. The van der Waals surface area contributed by atoms with Crippen molar-refractivity contribution in [3.05, 3.63) is 76.6 Å². The van der Waals surface area contributed by atoms with E-state index in [1.54, 1.807) is 12.1 Å². The van der Waals surface area contributed by atoms with Gasteiger partial charge < -0.3 is 5.73 Å². The van der Waals surface area contributed by atoms with Crippen molar-refractivity contribution in [1.29, 1.82) is 0 Å². The van der Waals surface area contributed by atoms with Crippen molar-refractivity contribution < 1.29 is 4.39 Å². The second-order valence-corrected chi connectivity index (χ2v) is 8.69. The van der Waals surface area contributed by atoms with Gasteiger partial charge in [0, 0.05) is 16.5 Å². The number of nitrogen functional groups attached to an aromatic ring is 1. The summed E-state index contributed by atoms with van der Waals surface area (Å²) in [5.41, 5.74) is 16.5. The van der Waals surface area contributed by atoms with Crippen LogP contribution in [0.3, 0.4) is 0 Å². The van der Waals surface area contributed by atoms with E-state index in [0.29, 0.717) is 0 Å². The van der Waals surface area contributed by atoms with Gasteiger partial charge >= 0.3 is 0 Å². The zero-order chi connectivity index (χ0) is 18.4. The summed E-state index contributed by atoms with van der Waals surface area (Å²) in [4.78, 5) is 0. The molecule has 0 atom stereocenters. The third-order valence-electron chi connectivity index (χ3n) is 6.46. The first-order chi connectivity index (χ1) is 12.2. The quantitative estimate of drug-likeness (QED) is 0.496. The standard InChI is InChI=1S/C24H22FN/c1-23(2)19-9-13(25)5-7-15(19)17-11-22-18(12-21(17)23)16-8-6-14(26)10-20(16)24(22,3)4/h5-12H,26H2,1-4H3. The molecule has 2 N–H and O–H groups in total. The maximum absolute atomic E-state index is 13.9. The molecule has 0 aliphatic heterocycles. The molecule has 1 nitrogen and oxygen atoms in total. The predicted molar refractivity (Wildman–Crippen MR) is 106 cm³/mol. The molecule has 0 aromatic heterocycles. The van der Waals surface area contributed by atoms with Crippen LogP contribution in [-0.4, -0.2) is 0 Å². The van der Waals surface area contributed by atoms with Gasteiger partial charge in [-0.2, -0.15) is 0 Å². The number of hydrogen-bond donors (Lipinski definition) is 1. The van der Waals surface area contributed by atoms with Crippen molar-refractivity contribution in [1.82, 2.24) is 0 Å². The Hall–Kier alpha value is -2.61. The zero-order valence-corrected chi connectivity index (χ0v) is 15.6. The second kappa shape index (κ2) is 4.56. The van der Waals surface area contributed by atoms with E-state index in [9.17, 15) is 4.39 Å². The van der Waals surface area contributed by atoms with Crippen molar-refractivity contribution in [3.8, 4) is 22.3 Å². The van der Waals surface area contributed by atoms with Crippen molar-refractivity contribution >= 4 is 5.69 Å². The van der Waals surface area contributed by atoms with Gasteiger partial charge in [-0.1, -0.05) is 39.8 Å². The Labute approximate surface area is 153 Å². The monoisotopic (exact) mass is 343 g/mol. The largest absolute Gasteiger partial charge is 0.399 e. The van der Waals surface area contributed by atoms with Gasteiger partial charge in [-0.25, -0.2) is 4.39 Å². The Morgan fingerprint density at radius 2 is 1.08 bits per heavy atom. The van der Waals surface area contributed by atoms with Gasteiger partial charge in [0.2, 0.25) is 0 Å². The van der Waals surface area contributed by atoms with Crippen LogP contribution in [0.15, 0.2) is 48.5 Å². The average Bonchev–Trinajstić information content (AvgIpc) is 2.93. The molecule has 0 saturated carbocycles. The molecule has 0 spiro atoms. The van der Waals surface area contributed by atoms with Crippen molar-refractivity contribution in [3.63, 3.8) is 0 Å². The summed E-state index contributed by atoms with van der Waals surface area (Å²) in [7, 11) is 0. The van der Waals surface area contributed by atoms with Gasteiger partial charge in [0.05, 0.1) is 0 Å². The van der Waals surface area contributed by atoms with E-state index in [0.717, 1.165) is 16.8 Å². The fourth-order valence-corrected chi connectivity index (χ4v) is 4.95. The molecule has 0 bridgehead atoms. The summed E-state index contributed by atoms with van der Waals surface area (Å²) in [5.74, 6) is -0.168. The van der Waals surface area contributed by atoms with E-state index in [4.69, 9.17) is 5.73 Å². The first-order valence-electron chi connectivity index (χ1n) is 9.11. The number of anilines is 1. The van der Waals surface area contributed by atoms with Crippen LogP contribution in [0.2, 0.25) is 0 Å². The van der Waals surface area contributed by atoms with Crippen molar-refractivity contribution in [2.75, 3.05) is 5.73 Å². The van der Waals surface area contributed by atoms with Gasteiger partial charge in [-0.05, 0) is 80.9 Å². The Morgan fingerprint density at radius 3 is 1.65 bits per heavy atom. The highest BCUT2D eigenvalue weighted by Gasteiger charge is 2.41. The molecule has 26 heavy (non-hydrogen) atoms. The molecule has 5 rings (SSSR count). The second-order valence-electron chi connectivity index (χ2n) is 8.69. The summed E-state index contributed by atoms with van der Waals surface area (Å²) in [6.45, 7) is 8.89. The zero-order valence-electron chi connectivity index (χ0n) is 15.6. The molecule has 0 fully saturated rings. The summed E-state index contributed by atoms with van der Waals surface area (Å²) in [5, 5.41) is 0. The molecular weight excluding hydrogens is 321 g/mol. The maximum atomic E-state index is 13.9. The van der Waals surface area contributed by atoms with Gasteiger partial charge in [-0.15, -0.1) is 0 Å². The van der Waals surface area contributed by atoms with Crippen LogP contribution in [-0.2, 0) is 10.8 Å². The topological polar surface area (TPSA) is 26.0 Å². The minimum atomic E-state index is -0.206. The lowest BCUT2D eigenvalue weighted by molar-refractivity contribution is 0.609. The van der Waals surface area contributed by atoms with Crippen LogP contribution in [0, 0.1) is 5.82 Å². The van der Waals surface area contributed by atoms with Crippen molar-refractivity contribution in [2.24, 2.45) is 0 Å². The minimum Gasteiger partial charge on any atom is -0.399 e. The van der Waals surface area contributed by atoms with E-state index in [-0.39, 0.29) is 16.6 Å². The lowest BCUT2D eigenvalue weighted by Crippen LogP contribution is -2.17. The van der Waals surface area contributed by atoms with Crippen LogP contribution in [0.5, 0.6) is 0 Å². The normalized spacial score (nSPS) is 17.4. The average molecular weight is 343 g/mol. The number of hydrogen-bond acceptors (Lipinski definition) is 1. The lowest BCUT2D eigenvalue weighted by Gasteiger charge is -2.24. The third-order valence-corrected chi connectivity index (χ3v) is 6.46. The molecule has 0 unspecified atom stereocenters. The fourth-order valence-electron chi connectivity index (χ4n) is 4.95. The molecule has 0 amide bonds. The lowest BCUT2D eigenvalue weighted by atomic mass is 9.79. The summed E-state index contributed by atoms with van der Waals surface area (Å²) in [6, 6.07) is 16.1. The van der Waals surface area contributed by atoms with Gasteiger partial charge in [0.15, 0.2) is 0 Å². The fraction of sp³-hybridized carbons (Fsp3) is 0.250. The van der Waals surface area contributed by atoms with Gasteiger partial charge in [0.1, 0.15) is 5.82 Å². The van der Waals surface area contributed by atoms with E-state index in [1.807, 2.05) is 12.1 Å². The number of rotatable bonds is 0. The summed E-state index contributed by atoms with van der Waals surface area (Å²) >= 11 is 0. The first-order valence-corrected chi connectivity index (χ1v) is 9.11. The Morgan fingerprint density at radius 1 is 0.615 bits per heavy atom. The highest BCUT2D eigenvalue weighted by Crippen LogP contribution is 2.56. The van der Waals surface area contributed by atoms with Crippen LogP contribution < -0.4 is 5.73 Å². The number of nitrogens with two attached hydrogens (primary N) is 1. The van der Waals surface area contributed by atoms with E-state index >= 15 is 0 Å². The van der Waals surface area contributed by atoms with E-state index < -0.39 is 0 Å². The van der Waals surface area contributed by atoms with Crippen molar-refractivity contribution in [2.45, 2.75) is 38.5 Å². The van der Waals surface area contributed by atoms with Gasteiger partial charge in [0.25, 0.3) is 0 Å². The molecule has 2 aliphatic rings. The van der Waals surface area contributed by atoms with Crippen LogP contribution in [0.25, 0.3) is 22.3 Å². The van der Waals surface area contributed by atoms with Gasteiger partial charge in [-0.3, -0.25) is 0 Å². The third kappa shape index (κ3) is 1.74. The van der Waals surface area contributed by atoms with Crippen LogP contribution >= 0.6 is 0 Å². The summed E-state index contributed by atoms with van der Waals surface area (Å²) < 4.78 is 13.9. The first kappa shape index (κ1) is 15.6. The Balaban J connectivity index is 1.84. The molecule has 2 aliphatic carbocycles. The molecular formula is C24H22FN. The molecule has 130 valence electrons. The molecule has 0 heterocycles. The highest BCUT2D eigenvalue weighted by molar-refractivity contribution is 5.90. The molecule has 2 heteroatoms. The number of halogens is 1. The maximum Gasteiger partial charge on any atom is 0.123 e. The summed E-state index contributed by atoms with van der Waals surface area (Å²) in [6.07, 6.45) is 0. The molecule has 0 saturated heterocycles. The molecule has 3 aromatic rings. The van der Waals surface area contributed by atoms with E-state index in [1.165, 1.54) is 33.4 Å². The number of fused-ring (bicyclic) bond motifs is 6. The predicted octanol–water partition coefficient (Wildman–Crippen LogP) is 6.02. The molecule has 3 aromatic carbocycles. The highest BCUT2D eigenvalue weighted by atomic mass is 19.1. The Bertz CT molecular complexity index is 1020. The molecule has 0 radical (unpaired) electrons. The van der Waals surface area contributed by atoms with E-state index in [2.05, 4.69) is 52.0 Å². The number of benzene rings is 3. The smallest absolute Gasteiger partial charge is 0.123 e. The minimum absolute atomic E-state index is 0.0952. The van der Waals surface area contributed by atoms with Crippen LogP contribution in [0.1, 0.15) is 49.9 Å².